The fourth-order valence-corrected chi connectivity index (χ4v) is 1.82. The molecule has 0 bridgehead atoms. The monoisotopic (exact) mass is 227 g/mol. The van der Waals surface area contributed by atoms with Crippen LogP contribution in [0.3, 0.4) is 0 Å². The number of methoxy groups -OCH3 is 1. The summed E-state index contributed by atoms with van der Waals surface area (Å²) in [4.78, 5) is 14.9. The number of carbonyl (C=O) groups excluding carboxylic acids is 1. The third kappa shape index (κ3) is 1.89. The molecule has 0 N–H and O–H groups in total. The highest BCUT2D eigenvalue weighted by atomic mass is 19.1. The van der Waals surface area contributed by atoms with Crippen molar-refractivity contribution >= 4 is 5.97 Å². The average molecular weight is 227 g/mol. The molecule has 1 aliphatic rings. The minimum Gasteiger partial charge on any atom is -0.469 e. The molecule has 1 atom stereocenters. The number of aromatic nitrogens is 1. The maximum absolute atomic E-state index is 13.5. The van der Waals surface area contributed by atoms with Crippen molar-refractivity contribution in [1.29, 1.82) is 0 Å². The molecule has 1 aromatic rings. The molecule has 0 aromatic carbocycles. The maximum Gasteiger partial charge on any atom is 0.313 e. The molecular weight excluding hydrogens is 216 g/mol. The van der Waals surface area contributed by atoms with Crippen LogP contribution in [0.5, 0.6) is 0 Å². The van der Waals surface area contributed by atoms with Crippen molar-refractivity contribution in [3.8, 4) is 0 Å². The van der Waals surface area contributed by atoms with Crippen molar-refractivity contribution < 1.29 is 18.3 Å². The Hall–Kier alpha value is -1.52. The Morgan fingerprint density at radius 3 is 2.44 bits per heavy atom. The van der Waals surface area contributed by atoms with Crippen LogP contribution in [-0.4, -0.2) is 18.1 Å². The van der Waals surface area contributed by atoms with E-state index in [0.717, 1.165) is 25.2 Å². The number of hydrogen-bond acceptors (Lipinski definition) is 3. The lowest BCUT2D eigenvalue weighted by atomic mass is 9.94. The second kappa shape index (κ2) is 4.15. The number of ether oxygens (including phenoxy) is 1. The Balaban J connectivity index is 2.42. The molecule has 0 saturated heterocycles. The Bertz CT molecular complexity index is 398. The van der Waals surface area contributed by atoms with Gasteiger partial charge in [0.05, 0.1) is 25.4 Å². The summed E-state index contributed by atoms with van der Waals surface area (Å²) < 4.78 is 31.5. The first-order valence-electron chi connectivity index (χ1n) is 5.02. The van der Waals surface area contributed by atoms with Crippen LogP contribution in [0.25, 0.3) is 0 Å². The van der Waals surface area contributed by atoms with E-state index in [-0.39, 0.29) is 11.5 Å². The highest BCUT2D eigenvalue weighted by Crippen LogP contribution is 2.44. The minimum absolute atomic E-state index is 0.0150. The van der Waals surface area contributed by atoms with Crippen LogP contribution in [-0.2, 0) is 9.53 Å². The van der Waals surface area contributed by atoms with Gasteiger partial charge in [-0.05, 0) is 18.8 Å². The zero-order valence-electron chi connectivity index (χ0n) is 8.74. The zero-order chi connectivity index (χ0) is 11.7. The first-order valence-corrected chi connectivity index (χ1v) is 5.02. The number of halogens is 2. The normalized spacial score (nSPS) is 16.9. The number of hydrogen-bond donors (Lipinski definition) is 0. The molecule has 3 nitrogen and oxygen atoms in total. The Kier molecular flexibility index (Phi) is 2.85. The van der Waals surface area contributed by atoms with Gasteiger partial charge in [-0.15, -0.1) is 0 Å². The van der Waals surface area contributed by atoms with Crippen molar-refractivity contribution in [2.75, 3.05) is 7.11 Å². The van der Waals surface area contributed by atoms with Crippen LogP contribution in [0.15, 0.2) is 12.4 Å². The average Bonchev–Trinajstić information content (AvgIpc) is 3.06. The number of pyridine rings is 1. The van der Waals surface area contributed by atoms with Crippen LogP contribution in [0.4, 0.5) is 8.78 Å². The van der Waals surface area contributed by atoms with Gasteiger partial charge in [-0.2, -0.15) is 0 Å². The first kappa shape index (κ1) is 11.0. The predicted molar refractivity (Wildman–Crippen MR) is 51.6 cm³/mol. The van der Waals surface area contributed by atoms with Gasteiger partial charge in [-0.25, -0.2) is 8.78 Å². The standard InChI is InChI=1S/C11H11F2NO2/c1-16-11(15)9(6-2-3-6)10-7(12)4-14-5-8(10)13/h4-6,9H,2-3H2,1H3. The highest BCUT2D eigenvalue weighted by Gasteiger charge is 2.41. The van der Waals surface area contributed by atoms with Gasteiger partial charge in [0.1, 0.15) is 11.6 Å². The Morgan fingerprint density at radius 1 is 1.44 bits per heavy atom. The number of rotatable bonds is 3. The van der Waals surface area contributed by atoms with Gasteiger partial charge in [-0.1, -0.05) is 0 Å². The van der Waals surface area contributed by atoms with E-state index in [1.54, 1.807) is 0 Å². The third-order valence-electron chi connectivity index (χ3n) is 2.75. The summed E-state index contributed by atoms with van der Waals surface area (Å²) in [5.74, 6) is -3.03. The topological polar surface area (TPSA) is 39.2 Å². The summed E-state index contributed by atoms with van der Waals surface area (Å²) in [6.07, 6.45) is 3.41. The van der Waals surface area contributed by atoms with Gasteiger partial charge < -0.3 is 4.74 Å². The minimum atomic E-state index is -0.840. The van der Waals surface area contributed by atoms with Crippen molar-refractivity contribution in [3.05, 3.63) is 29.6 Å². The van der Waals surface area contributed by atoms with Gasteiger partial charge in [0.25, 0.3) is 0 Å². The van der Waals surface area contributed by atoms with E-state index in [0.29, 0.717) is 0 Å². The number of nitrogens with zero attached hydrogens (tertiary/aromatic N) is 1. The molecule has 0 amide bonds. The molecule has 86 valence electrons. The molecule has 1 aliphatic carbocycles. The van der Waals surface area contributed by atoms with Crippen molar-refractivity contribution in [2.24, 2.45) is 5.92 Å². The molecule has 1 heterocycles. The third-order valence-corrected chi connectivity index (χ3v) is 2.75. The fraction of sp³-hybridized carbons (Fsp3) is 0.455. The molecule has 0 spiro atoms. The van der Waals surface area contributed by atoms with Crippen LogP contribution in [0.2, 0.25) is 0 Å². The van der Waals surface area contributed by atoms with E-state index in [9.17, 15) is 13.6 Å². The summed E-state index contributed by atoms with van der Waals surface area (Å²) >= 11 is 0. The lowest BCUT2D eigenvalue weighted by molar-refractivity contribution is -0.143. The largest absolute Gasteiger partial charge is 0.469 e. The van der Waals surface area contributed by atoms with E-state index in [2.05, 4.69) is 9.72 Å². The maximum atomic E-state index is 13.5. The quantitative estimate of drug-likeness (QED) is 0.741. The summed E-state index contributed by atoms with van der Waals surface area (Å²) in [6, 6.07) is 0. The molecule has 0 aliphatic heterocycles. The van der Waals surface area contributed by atoms with E-state index >= 15 is 0 Å². The zero-order valence-corrected chi connectivity index (χ0v) is 8.74. The SMILES string of the molecule is COC(=O)C(c1c(F)cncc1F)C1CC1. The molecule has 1 unspecified atom stereocenters. The van der Waals surface area contributed by atoms with Crippen molar-refractivity contribution in [2.45, 2.75) is 18.8 Å². The highest BCUT2D eigenvalue weighted by molar-refractivity contribution is 5.79. The lowest BCUT2D eigenvalue weighted by Crippen LogP contribution is -2.19. The molecule has 1 fully saturated rings. The second-order valence-electron chi connectivity index (χ2n) is 3.86. The summed E-state index contributed by atoms with van der Waals surface area (Å²) in [7, 11) is 1.22. The van der Waals surface area contributed by atoms with Crippen LogP contribution < -0.4 is 0 Å². The van der Waals surface area contributed by atoms with E-state index < -0.39 is 23.5 Å². The summed E-state index contributed by atoms with van der Waals surface area (Å²) in [5, 5.41) is 0. The van der Waals surface area contributed by atoms with Crippen LogP contribution >= 0.6 is 0 Å². The van der Waals surface area contributed by atoms with Gasteiger partial charge in [0, 0.05) is 5.56 Å². The molecule has 2 rings (SSSR count). The molecule has 1 aromatic heterocycles. The molecule has 16 heavy (non-hydrogen) atoms. The van der Waals surface area contributed by atoms with E-state index in [1.807, 2.05) is 0 Å². The van der Waals surface area contributed by atoms with E-state index in [4.69, 9.17) is 0 Å². The van der Waals surface area contributed by atoms with Crippen molar-refractivity contribution in [1.82, 2.24) is 4.98 Å². The van der Waals surface area contributed by atoms with Crippen LogP contribution in [0, 0.1) is 17.6 Å². The van der Waals surface area contributed by atoms with E-state index in [1.165, 1.54) is 7.11 Å². The first-order chi connectivity index (χ1) is 7.65. The van der Waals surface area contributed by atoms with Crippen molar-refractivity contribution in [3.63, 3.8) is 0 Å². The van der Waals surface area contributed by atoms with Crippen LogP contribution in [0.1, 0.15) is 24.3 Å². The smallest absolute Gasteiger partial charge is 0.313 e. The number of carbonyl (C=O) groups is 1. The molecular formula is C11H11F2NO2. The fourth-order valence-electron chi connectivity index (χ4n) is 1.82. The number of esters is 1. The Morgan fingerprint density at radius 2 is 2.00 bits per heavy atom. The Labute approximate surface area is 91.4 Å². The molecule has 0 radical (unpaired) electrons. The molecule has 5 heteroatoms. The van der Waals surface area contributed by atoms with Gasteiger partial charge in [-0.3, -0.25) is 9.78 Å². The molecule has 1 saturated carbocycles. The summed E-state index contributed by atoms with van der Waals surface area (Å²) in [6.45, 7) is 0. The van der Waals surface area contributed by atoms with Gasteiger partial charge in [0.15, 0.2) is 0 Å². The van der Waals surface area contributed by atoms with Gasteiger partial charge in [0.2, 0.25) is 0 Å². The van der Waals surface area contributed by atoms with Gasteiger partial charge >= 0.3 is 5.97 Å². The summed E-state index contributed by atoms with van der Waals surface area (Å²) in [5.41, 5.74) is -0.218. The predicted octanol–water partition coefficient (Wildman–Crippen LogP) is 2.03. The second-order valence-corrected chi connectivity index (χ2v) is 3.86. The lowest BCUT2D eigenvalue weighted by Gasteiger charge is -2.15.